The van der Waals surface area contributed by atoms with E-state index in [1.807, 2.05) is 0 Å². The third-order valence-electron chi connectivity index (χ3n) is 2.52. The summed E-state index contributed by atoms with van der Waals surface area (Å²) in [5, 5.41) is 10.5. The molecule has 0 aliphatic heterocycles. The Morgan fingerprint density at radius 3 is 2.70 bits per heavy atom. The number of carbonyl (C=O) groups is 1. The number of hydrogen-bond acceptors (Lipinski definition) is 5. The Bertz CT molecular complexity index is 688. The molecule has 0 radical (unpaired) electrons. The first kappa shape index (κ1) is 13.6. The van der Waals surface area contributed by atoms with Crippen molar-refractivity contribution in [2.75, 3.05) is 0 Å². The van der Waals surface area contributed by atoms with Gasteiger partial charge in [0.1, 0.15) is 0 Å². The summed E-state index contributed by atoms with van der Waals surface area (Å²) in [5.41, 5.74) is 0.558. The maximum atomic E-state index is 13.7. The van der Waals surface area contributed by atoms with Gasteiger partial charge < -0.3 is 4.74 Å². The Balaban J connectivity index is 2.30. The van der Waals surface area contributed by atoms with Crippen molar-refractivity contribution in [2.45, 2.75) is 6.92 Å². The van der Waals surface area contributed by atoms with Crippen molar-refractivity contribution >= 4 is 12.0 Å². The first-order chi connectivity index (χ1) is 9.51. The van der Waals surface area contributed by atoms with E-state index in [2.05, 4.69) is 4.98 Å². The van der Waals surface area contributed by atoms with E-state index in [4.69, 9.17) is 4.74 Å². The summed E-state index contributed by atoms with van der Waals surface area (Å²) in [7, 11) is 0. The van der Waals surface area contributed by atoms with Gasteiger partial charge in [-0.3, -0.25) is 14.9 Å². The SMILES string of the molecule is Cc1cc(C=O)cnc1Oc1ccc([N+](=O)[O-])cc1F. The molecule has 0 aliphatic rings. The summed E-state index contributed by atoms with van der Waals surface area (Å²) >= 11 is 0. The number of aromatic nitrogens is 1. The molecule has 0 unspecified atom stereocenters. The molecule has 6 nitrogen and oxygen atoms in total. The van der Waals surface area contributed by atoms with E-state index in [-0.39, 0.29) is 17.3 Å². The molecule has 0 saturated carbocycles. The molecule has 0 N–H and O–H groups in total. The summed E-state index contributed by atoms with van der Waals surface area (Å²) in [6.45, 7) is 1.65. The number of pyridine rings is 1. The topological polar surface area (TPSA) is 82.3 Å². The largest absolute Gasteiger partial charge is 0.436 e. The van der Waals surface area contributed by atoms with Crippen LogP contribution in [0.5, 0.6) is 11.6 Å². The average Bonchev–Trinajstić information content (AvgIpc) is 2.42. The fourth-order valence-electron chi connectivity index (χ4n) is 1.55. The Morgan fingerprint density at radius 1 is 1.40 bits per heavy atom. The second-order valence-corrected chi connectivity index (χ2v) is 3.98. The van der Waals surface area contributed by atoms with Gasteiger partial charge in [-0.15, -0.1) is 0 Å². The number of halogens is 1. The summed E-state index contributed by atoms with van der Waals surface area (Å²) in [6, 6.07) is 4.60. The molecule has 102 valence electrons. The van der Waals surface area contributed by atoms with Gasteiger partial charge in [-0.05, 0) is 19.1 Å². The number of aldehydes is 1. The van der Waals surface area contributed by atoms with Gasteiger partial charge in [0.2, 0.25) is 5.88 Å². The lowest BCUT2D eigenvalue weighted by molar-refractivity contribution is -0.385. The monoisotopic (exact) mass is 276 g/mol. The van der Waals surface area contributed by atoms with E-state index in [9.17, 15) is 19.3 Å². The fraction of sp³-hybridized carbons (Fsp3) is 0.0769. The van der Waals surface area contributed by atoms with E-state index in [0.29, 0.717) is 17.4 Å². The minimum Gasteiger partial charge on any atom is -0.436 e. The molecule has 0 atom stereocenters. The molecule has 0 saturated heterocycles. The lowest BCUT2D eigenvalue weighted by Gasteiger charge is -2.08. The first-order valence-corrected chi connectivity index (χ1v) is 5.55. The van der Waals surface area contributed by atoms with E-state index in [1.54, 1.807) is 13.0 Å². The van der Waals surface area contributed by atoms with Crippen molar-refractivity contribution < 1.29 is 18.8 Å². The molecule has 0 bridgehead atoms. The number of benzene rings is 1. The number of rotatable bonds is 4. The smallest absolute Gasteiger partial charge is 0.272 e. The number of nitrogens with zero attached hydrogens (tertiary/aromatic N) is 2. The van der Waals surface area contributed by atoms with Gasteiger partial charge in [0.25, 0.3) is 5.69 Å². The Hall–Kier alpha value is -2.83. The number of nitro groups is 1. The third kappa shape index (κ3) is 2.77. The second kappa shape index (κ2) is 5.43. The van der Waals surface area contributed by atoms with Gasteiger partial charge in [0.15, 0.2) is 17.9 Å². The number of non-ortho nitro benzene ring substituents is 1. The van der Waals surface area contributed by atoms with Crippen molar-refractivity contribution in [3.8, 4) is 11.6 Å². The second-order valence-electron chi connectivity index (χ2n) is 3.98. The molecule has 1 heterocycles. The van der Waals surface area contributed by atoms with Crippen LogP contribution in [0.2, 0.25) is 0 Å². The van der Waals surface area contributed by atoms with Crippen molar-refractivity contribution in [3.05, 3.63) is 57.5 Å². The van der Waals surface area contributed by atoms with E-state index >= 15 is 0 Å². The van der Waals surface area contributed by atoms with Gasteiger partial charge in [0.05, 0.1) is 11.0 Å². The minimum absolute atomic E-state index is 0.128. The summed E-state index contributed by atoms with van der Waals surface area (Å²) < 4.78 is 18.9. The summed E-state index contributed by atoms with van der Waals surface area (Å²) in [6.07, 6.45) is 1.93. The lowest BCUT2D eigenvalue weighted by atomic mass is 10.2. The zero-order valence-corrected chi connectivity index (χ0v) is 10.4. The Labute approximate surface area is 113 Å². The normalized spacial score (nSPS) is 10.1. The van der Waals surface area contributed by atoms with Gasteiger partial charge in [-0.25, -0.2) is 9.37 Å². The number of carbonyl (C=O) groups excluding carboxylic acids is 1. The molecule has 20 heavy (non-hydrogen) atoms. The molecule has 0 fully saturated rings. The molecular weight excluding hydrogens is 267 g/mol. The molecule has 1 aromatic carbocycles. The maximum absolute atomic E-state index is 13.7. The highest BCUT2D eigenvalue weighted by molar-refractivity contribution is 5.74. The van der Waals surface area contributed by atoms with Crippen LogP contribution in [0.1, 0.15) is 15.9 Å². The quantitative estimate of drug-likeness (QED) is 0.487. The van der Waals surface area contributed by atoms with E-state index < -0.39 is 10.7 Å². The molecule has 2 rings (SSSR count). The predicted octanol–water partition coefficient (Wildman–Crippen LogP) is 3.04. The van der Waals surface area contributed by atoms with Crippen LogP contribution >= 0.6 is 0 Å². The van der Waals surface area contributed by atoms with Crippen LogP contribution in [0, 0.1) is 22.9 Å². The number of nitro benzene ring substituents is 1. The molecule has 0 aliphatic carbocycles. The fourth-order valence-corrected chi connectivity index (χ4v) is 1.55. The number of hydrogen-bond donors (Lipinski definition) is 0. The molecule has 7 heteroatoms. The van der Waals surface area contributed by atoms with Crippen LogP contribution < -0.4 is 4.74 Å². The summed E-state index contributed by atoms with van der Waals surface area (Å²) in [5.74, 6) is -0.909. The van der Waals surface area contributed by atoms with Crippen molar-refractivity contribution in [2.24, 2.45) is 0 Å². The average molecular weight is 276 g/mol. The zero-order chi connectivity index (χ0) is 14.7. The summed E-state index contributed by atoms with van der Waals surface area (Å²) in [4.78, 5) is 24.3. The highest BCUT2D eigenvalue weighted by Gasteiger charge is 2.13. The number of aryl methyl sites for hydroxylation is 1. The zero-order valence-electron chi connectivity index (χ0n) is 10.4. The maximum Gasteiger partial charge on any atom is 0.272 e. The van der Waals surface area contributed by atoms with Gasteiger partial charge in [-0.2, -0.15) is 0 Å². The predicted molar refractivity (Wildman–Crippen MR) is 67.5 cm³/mol. The molecule has 0 amide bonds. The highest BCUT2D eigenvalue weighted by atomic mass is 19.1. The highest BCUT2D eigenvalue weighted by Crippen LogP contribution is 2.28. The lowest BCUT2D eigenvalue weighted by Crippen LogP contribution is -1.96. The van der Waals surface area contributed by atoms with Crippen molar-refractivity contribution in [1.82, 2.24) is 4.98 Å². The van der Waals surface area contributed by atoms with Crippen molar-refractivity contribution in [3.63, 3.8) is 0 Å². The Morgan fingerprint density at radius 2 is 2.15 bits per heavy atom. The third-order valence-corrected chi connectivity index (χ3v) is 2.52. The molecular formula is C13H9FN2O4. The van der Waals surface area contributed by atoms with Crippen LogP contribution in [0.15, 0.2) is 30.5 Å². The number of ether oxygens (including phenoxy) is 1. The van der Waals surface area contributed by atoms with E-state index in [1.165, 1.54) is 6.20 Å². The molecule has 0 spiro atoms. The van der Waals surface area contributed by atoms with Crippen LogP contribution in [0.4, 0.5) is 10.1 Å². The van der Waals surface area contributed by atoms with Crippen molar-refractivity contribution in [1.29, 1.82) is 0 Å². The minimum atomic E-state index is -0.861. The molecule has 1 aromatic heterocycles. The van der Waals surface area contributed by atoms with Crippen LogP contribution in [-0.4, -0.2) is 16.2 Å². The van der Waals surface area contributed by atoms with E-state index in [0.717, 1.165) is 18.2 Å². The first-order valence-electron chi connectivity index (χ1n) is 5.55. The Kier molecular flexibility index (Phi) is 3.69. The standard InChI is InChI=1S/C13H9FN2O4/c1-8-4-9(7-17)6-15-13(8)20-12-3-2-10(16(18)19)5-11(12)14/h2-7H,1H3. The van der Waals surface area contributed by atoms with Gasteiger partial charge in [-0.1, -0.05) is 0 Å². The van der Waals surface area contributed by atoms with Crippen LogP contribution in [0.25, 0.3) is 0 Å². The van der Waals surface area contributed by atoms with Gasteiger partial charge >= 0.3 is 0 Å². The molecule has 2 aromatic rings. The van der Waals surface area contributed by atoms with Gasteiger partial charge in [0, 0.05) is 23.4 Å². The van der Waals surface area contributed by atoms with Crippen LogP contribution in [0.3, 0.4) is 0 Å². The van der Waals surface area contributed by atoms with Crippen LogP contribution in [-0.2, 0) is 0 Å².